The van der Waals surface area contributed by atoms with Gasteiger partial charge in [0.05, 0.1) is 6.10 Å². The van der Waals surface area contributed by atoms with Gasteiger partial charge < -0.3 is 15.0 Å². The summed E-state index contributed by atoms with van der Waals surface area (Å²) in [6.07, 6.45) is 4.78. The first-order valence-electron chi connectivity index (χ1n) is 7.12. The van der Waals surface area contributed by atoms with E-state index in [-0.39, 0.29) is 18.1 Å². The van der Waals surface area contributed by atoms with Gasteiger partial charge in [-0.1, -0.05) is 6.92 Å². The lowest BCUT2D eigenvalue weighted by Gasteiger charge is -2.18. The summed E-state index contributed by atoms with van der Waals surface area (Å²) in [5.41, 5.74) is 0. The van der Waals surface area contributed by atoms with Gasteiger partial charge in [-0.2, -0.15) is 0 Å². The second-order valence-corrected chi connectivity index (χ2v) is 5.20. The van der Waals surface area contributed by atoms with Crippen LogP contribution in [0.3, 0.4) is 0 Å². The Bertz CT molecular complexity index is 464. The van der Waals surface area contributed by atoms with E-state index in [0.29, 0.717) is 24.7 Å². The van der Waals surface area contributed by atoms with Crippen molar-refractivity contribution in [3.05, 3.63) is 12.4 Å². The summed E-state index contributed by atoms with van der Waals surface area (Å²) >= 11 is 0. The predicted octanol–water partition coefficient (Wildman–Crippen LogP) is 1.69. The minimum absolute atomic E-state index is 0.0500. The highest BCUT2D eigenvalue weighted by atomic mass is 16.5. The Morgan fingerprint density at radius 1 is 1.50 bits per heavy atom. The summed E-state index contributed by atoms with van der Waals surface area (Å²) in [4.78, 5) is 22.0. The number of ether oxygens (including phenoxy) is 1. The van der Waals surface area contributed by atoms with Gasteiger partial charge in [0.15, 0.2) is 5.82 Å². The fraction of sp³-hybridized carbons (Fsp3) is 0.643. The summed E-state index contributed by atoms with van der Waals surface area (Å²) in [5.74, 6) is 1.37. The van der Waals surface area contributed by atoms with E-state index in [1.54, 1.807) is 12.4 Å². The van der Waals surface area contributed by atoms with E-state index in [9.17, 15) is 4.79 Å². The van der Waals surface area contributed by atoms with Crippen LogP contribution in [0.25, 0.3) is 0 Å². The topological polar surface area (TPSA) is 67.4 Å². The van der Waals surface area contributed by atoms with Crippen LogP contribution in [0.2, 0.25) is 0 Å². The molecule has 0 radical (unpaired) electrons. The van der Waals surface area contributed by atoms with Crippen molar-refractivity contribution < 1.29 is 9.53 Å². The summed E-state index contributed by atoms with van der Waals surface area (Å²) < 4.78 is 5.63. The molecule has 1 atom stereocenters. The highest BCUT2D eigenvalue weighted by molar-refractivity contribution is 5.76. The number of nitrogens with zero attached hydrogens (tertiary/aromatic N) is 3. The Morgan fingerprint density at radius 2 is 2.25 bits per heavy atom. The van der Waals surface area contributed by atoms with Gasteiger partial charge in [0.25, 0.3) is 5.88 Å². The average molecular weight is 278 g/mol. The minimum Gasteiger partial charge on any atom is -0.472 e. The van der Waals surface area contributed by atoms with Gasteiger partial charge in [0, 0.05) is 37.9 Å². The van der Waals surface area contributed by atoms with E-state index in [4.69, 9.17) is 4.74 Å². The molecule has 1 amide bonds. The van der Waals surface area contributed by atoms with Crippen LogP contribution >= 0.6 is 0 Å². The number of nitrogens with one attached hydrogen (secondary N) is 1. The predicted molar refractivity (Wildman–Crippen MR) is 76.7 cm³/mol. The van der Waals surface area contributed by atoms with E-state index >= 15 is 0 Å². The lowest BCUT2D eigenvalue weighted by Crippen LogP contribution is -2.31. The number of likely N-dealkylation sites (tertiary alicyclic amines) is 1. The van der Waals surface area contributed by atoms with E-state index in [0.717, 1.165) is 13.0 Å². The Balaban J connectivity index is 1.99. The number of anilines is 1. The van der Waals surface area contributed by atoms with Crippen molar-refractivity contribution in [2.75, 3.05) is 18.4 Å². The number of aromatic nitrogens is 2. The molecule has 0 saturated carbocycles. The molecule has 1 aromatic rings. The maximum Gasteiger partial charge on any atom is 0.257 e. The third kappa shape index (κ3) is 3.59. The van der Waals surface area contributed by atoms with Gasteiger partial charge in [0.1, 0.15) is 0 Å². The van der Waals surface area contributed by atoms with Crippen molar-refractivity contribution in [1.82, 2.24) is 14.9 Å². The molecule has 110 valence electrons. The zero-order chi connectivity index (χ0) is 14.5. The quantitative estimate of drug-likeness (QED) is 0.887. The van der Waals surface area contributed by atoms with Crippen molar-refractivity contribution in [3.8, 4) is 5.88 Å². The van der Waals surface area contributed by atoms with Crippen LogP contribution in [-0.4, -0.2) is 46.0 Å². The van der Waals surface area contributed by atoms with E-state index in [2.05, 4.69) is 15.3 Å². The highest BCUT2D eigenvalue weighted by Gasteiger charge is 2.26. The first kappa shape index (κ1) is 14.6. The van der Waals surface area contributed by atoms with Crippen LogP contribution in [0.4, 0.5) is 5.82 Å². The fourth-order valence-corrected chi connectivity index (χ4v) is 2.26. The monoisotopic (exact) mass is 278 g/mol. The number of hydrogen-bond acceptors (Lipinski definition) is 5. The molecule has 0 aliphatic carbocycles. The third-order valence-corrected chi connectivity index (χ3v) is 3.20. The van der Waals surface area contributed by atoms with Gasteiger partial charge >= 0.3 is 0 Å². The van der Waals surface area contributed by atoms with E-state index in [1.807, 2.05) is 25.7 Å². The molecule has 1 fully saturated rings. The Morgan fingerprint density at radius 3 is 2.95 bits per heavy atom. The van der Waals surface area contributed by atoms with Crippen LogP contribution in [0.1, 0.15) is 33.6 Å². The molecule has 1 aliphatic rings. The number of amides is 1. The van der Waals surface area contributed by atoms with Crippen LogP contribution < -0.4 is 10.1 Å². The normalized spacial score (nSPS) is 18.4. The number of carbonyl (C=O) groups excluding carboxylic acids is 1. The molecule has 1 aliphatic heterocycles. The summed E-state index contributed by atoms with van der Waals surface area (Å²) in [6.45, 7) is 7.31. The number of carbonyl (C=O) groups is 1. The first-order valence-corrected chi connectivity index (χ1v) is 7.12. The van der Waals surface area contributed by atoms with Gasteiger partial charge in [-0.05, 0) is 20.3 Å². The molecule has 0 spiro atoms. The van der Waals surface area contributed by atoms with Gasteiger partial charge in [0.2, 0.25) is 5.91 Å². The van der Waals surface area contributed by atoms with Crippen LogP contribution in [0.5, 0.6) is 5.88 Å². The summed E-state index contributed by atoms with van der Waals surface area (Å²) in [5, 5.41) is 3.33. The Hall–Kier alpha value is -1.85. The lowest BCUT2D eigenvalue weighted by molar-refractivity contribution is -0.129. The molecule has 1 N–H and O–H groups in total. The van der Waals surface area contributed by atoms with Crippen molar-refractivity contribution in [1.29, 1.82) is 0 Å². The largest absolute Gasteiger partial charge is 0.472 e. The summed E-state index contributed by atoms with van der Waals surface area (Å²) in [7, 11) is 0. The Labute approximate surface area is 119 Å². The molecule has 1 saturated heterocycles. The molecule has 2 heterocycles. The van der Waals surface area contributed by atoms with Gasteiger partial charge in [-0.25, -0.2) is 9.97 Å². The molecular weight excluding hydrogens is 256 g/mol. The second-order valence-electron chi connectivity index (χ2n) is 5.20. The van der Waals surface area contributed by atoms with Crippen LogP contribution in [0, 0.1) is 0 Å². The smallest absolute Gasteiger partial charge is 0.257 e. The Kier molecular flexibility index (Phi) is 4.76. The molecule has 6 nitrogen and oxygen atoms in total. The van der Waals surface area contributed by atoms with Crippen molar-refractivity contribution in [3.63, 3.8) is 0 Å². The molecular formula is C14H22N4O2. The van der Waals surface area contributed by atoms with Crippen LogP contribution in [-0.2, 0) is 4.79 Å². The molecule has 1 unspecified atom stereocenters. The fourth-order valence-electron chi connectivity index (χ4n) is 2.26. The number of rotatable bonds is 5. The lowest BCUT2D eigenvalue weighted by atomic mass is 10.2. The zero-order valence-electron chi connectivity index (χ0n) is 12.3. The van der Waals surface area contributed by atoms with Crippen molar-refractivity contribution in [2.45, 2.75) is 45.8 Å². The molecule has 1 aromatic heterocycles. The maximum absolute atomic E-state index is 11.7. The maximum atomic E-state index is 11.7. The van der Waals surface area contributed by atoms with Gasteiger partial charge in [-0.3, -0.25) is 4.79 Å². The molecule has 0 bridgehead atoms. The van der Waals surface area contributed by atoms with Crippen molar-refractivity contribution >= 4 is 11.7 Å². The molecule has 6 heteroatoms. The zero-order valence-corrected chi connectivity index (χ0v) is 12.3. The molecule has 2 rings (SSSR count). The van der Waals surface area contributed by atoms with E-state index in [1.165, 1.54) is 0 Å². The third-order valence-electron chi connectivity index (χ3n) is 3.20. The van der Waals surface area contributed by atoms with E-state index < -0.39 is 0 Å². The second kappa shape index (κ2) is 6.54. The van der Waals surface area contributed by atoms with Crippen molar-refractivity contribution in [2.24, 2.45) is 0 Å². The number of hydrogen-bond donors (Lipinski definition) is 1. The molecule has 0 aromatic carbocycles. The minimum atomic E-state index is 0.0500. The van der Waals surface area contributed by atoms with Gasteiger partial charge in [-0.15, -0.1) is 0 Å². The SMILES string of the molecule is CCC(=O)N1CCC(Nc2nccnc2OC(C)C)C1. The first-order chi connectivity index (χ1) is 9.60. The standard InChI is InChI=1S/C14H22N4O2/c1-4-12(19)18-8-5-11(9-18)17-13-14(20-10(2)3)16-7-6-15-13/h6-7,10-11H,4-5,8-9H2,1-3H3,(H,15,17). The highest BCUT2D eigenvalue weighted by Crippen LogP contribution is 2.22. The van der Waals surface area contributed by atoms with Crippen LogP contribution in [0.15, 0.2) is 12.4 Å². The summed E-state index contributed by atoms with van der Waals surface area (Å²) in [6, 6.07) is 0.205. The molecule has 20 heavy (non-hydrogen) atoms. The average Bonchev–Trinajstić information content (AvgIpc) is 2.88.